The summed E-state index contributed by atoms with van der Waals surface area (Å²) in [6, 6.07) is 14.5. The molecule has 3 rings (SSSR count). The fraction of sp³-hybridized carbons (Fsp3) is 0.316. The molecule has 0 aromatic heterocycles. The first-order valence-electron chi connectivity index (χ1n) is 8.14. The van der Waals surface area contributed by atoms with Gasteiger partial charge in [-0.15, -0.1) is 0 Å². The van der Waals surface area contributed by atoms with Crippen molar-refractivity contribution in [1.82, 2.24) is 0 Å². The number of carbonyl (C=O) groups excluding carboxylic acids is 1. The van der Waals surface area contributed by atoms with Crippen molar-refractivity contribution in [3.63, 3.8) is 0 Å². The molecule has 2 aromatic rings. The van der Waals surface area contributed by atoms with E-state index in [1.54, 1.807) is 12.1 Å². The van der Waals surface area contributed by atoms with Crippen molar-refractivity contribution in [3.8, 4) is 11.5 Å². The molecule has 4 nitrogen and oxygen atoms in total. The molecule has 24 heavy (non-hydrogen) atoms. The third-order valence-electron chi connectivity index (χ3n) is 3.94. The van der Waals surface area contributed by atoms with Crippen molar-refractivity contribution >= 4 is 23.2 Å². The summed E-state index contributed by atoms with van der Waals surface area (Å²) in [6.45, 7) is -0.0932. The van der Waals surface area contributed by atoms with Gasteiger partial charge in [0.1, 0.15) is 11.5 Å². The van der Waals surface area contributed by atoms with Gasteiger partial charge in [-0.25, -0.2) is 0 Å². The molecule has 2 aromatic carbocycles. The minimum atomic E-state index is -0.237. The standard InChI is InChI=1S/C19H20ClNO3/c20-17-7-3-4-8-18(17)23-13-19(22)21-14-9-11-16(12-10-14)24-15-5-1-2-6-15/h3-4,7-12,15H,1-2,5-6,13H2,(H,21,22). The van der Waals surface area contributed by atoms with E-state index in [4.69, 9.17) is 21.1 Å². The number of benzene rings is 2. The summed E-state index contributed by atoms with van der Waals surface area (Å²) in [5, 5.41) is 3.27. The molecule has 0 atom stereocenters. The molecule has 0 unspecified atom stereocenters. The lowest BCUT2D eigenvalue weighted by atomic mass is 10.2. The maximum absolute atomic E-state index is 12.0. The lowest BCUT2D eigenvalue weighted by molar-refractivity contribution is -0.118. The Labute approximate surface area is 146 Å². The van der Waals surface area contributed by atoms with Crippen LogP contribution in [0.25, 0.3) is 0 Å². The molecule has 0 radical (unpaired) electrons. The van der Waals surface area contributed by atoms with E-state index in [1.165, 1.54) is 12.8 Å². The molecule has 0 spiro atoms. The quantitative estimate of drug-likeness (QED) is 0.827. The van der Waals surface area contributed by atoms with Gasteiger partial charge in [0.05, 0.1) is 11.1 Å². The maximum Gasteiger partial charge on any atom is 0.262 e. The monoisotopic (exact) mass is 345 g/mol. The van der Waals surface area contributed by atoms with Gasteiger partial charge in [0.15, 0.2) is 6.61 Å². The van der Waals surface area contributed by atoms with Gasteiger partial charge in [0, 0.05) is 5.69 Å². The van der Waals surface area contributed by atoms with Gasteiger partial charge in [-0.2, -0.15) is 0 Å². The molecule has 1 aliphatic rings. The Morgan fingerprint density at radius 1 is 1.08 bits per heavy atom. The van der Waals surface area contributed by atoms with Crippen molar-refractivity contribution in [2.75, 3.05) is 11.9 Å². The number of rotatable bonds is 6. The van der Waals surface area contributed by atoms with Gasteiger partial charge in [0.25, 0.3) is 5.91 Å². The van der Waals surface area contributed by atoms with E-state index in [2.05, 4.69) is 5.32 Å². The average molecular weight is 346 g/mol. The summed E-state index contributed by atoms with van der Waals surface area (Å²) in [7, 11) is 0. The van der Waals surface area contributed by atoms with Crippen molar-refractivity contribution in [2.24, 2.45) is 0 Å². The maximum atomic E-state index is 12.0. The zero-order valence-corrected chi connectivity index (χ0v) is 14.1. The van der Waals surface area contributed by atoms with Crippen molar-refractivity contribution < 1.29 is 14.3 Å². The lowest BCUT2D eigenvalue weighted by Crippen LogP contribution is -2.20. The molecule has 1 N–H and O–H groups in total. The number of nitrogens with one attached hydrogen (secondary N) is 1. The minimum absolute atomic E-state index is 0.0932. The number of amides is 1. The van der Waals surface area contributed by atoms with Crippen LogP contribution in [0.1, 0.15) is 25.7 Å². The van der Waals surface area contributed by atoms with Gasteiger partial charge in [-0.05, 0) is 62.1 Å². The normalized spacial score (nSPS) is 14.4. The van der Waals surface area contributed by atoms with Crippen LogP contribution in [0, 0.1) is 0 Å². The van der Waals surface area contributed by atoms with Gasteiger partial charge in [-0.3, -0.25) is 4.79 Å². The zero-order valence-electron chi connectivity index (χ0n) is 13.3. The largest absolute Gasteiger partial charge is 0.490 e. The molecule has 126 valence electrons. The van der Waals surface area contributed by atoms with E-state index >= 15 is 0 Å². The summed E-state index contributed by atoms with van der Waals surface area (Å²) >= 11 is 5.98. The van der Waals surface area contributed by atoms with Crippen molar-refractivity contribution in [3.05, 3.63) is 53.6 Å². The Morgan fingerprint density at radius 2 is 1.79 bits per heavy atom. The molecule has 5 heteroatoms. The van der Waals surface area contributed by atoms with Gasteiger partial charge in [0.2, 0.25) is 0 Å². The van der Waals surface area contributed by atoms with Crippen LogP contribution in [0.4, 0.5) is 5.69 Å². The number of carbonyl (C=O) groups is 1. The summed E-state index contributed by atoms with van der Waals surface area (Å²) < 4.78 is 11.3. The Bertz CT molecular complexity index is 681. The molecule has 1 saturated carbocycles. The number of ether oxygens (including phenoxy) is 2. The highest BCUT2D eigenvalue weighted by Gasteiger charge is 2.16. The van der Waals surface area contributed by atoms with Crippen LogP contribution in [0.5, 0.6) is 11.5 Å². The van der Waals surface area contributed by atoms with Crippen molar-refractivity contribution in [2.45, 2.75) is 31.8 Å². The van der Waals surface area contributed by atoms with Crippen LogP contribution < -0.4 is 14.8 Å². The summed E-state index contributed by atoms with van der Waals surface area (Å²) in [5.41, 5.74) is 0.710. The molecule has 0 heterocycles. The Kier molecular flexibility index (Phi) is 5.59. The number of para-hydroxylation sites is 1. The first kappa shape index (κ1) is 16.7. The predicted molar refractivity (Wildman–Crippen MR) is 94.9 cm³/mol. The Balaban J connectivity index is 1.48. The molecule has 1 aliphatic carbocycles. The van der Waals surface area contributed by atoms with Gasteiger partial charge in [-0.1, -0.05) is 23.7 Å². The number of hydrogen-bond donors (Lipinski definition) is 1. The zero-order chi connectivity index (χ0) is 16.8. The van der Waals surface area contributed by atoms with E-state index in [1.807, 2.05) is 36.4 Å². The number of anilines is 1. The van der Waals surface area contributed by atoms with Crippen molar-refractivity contribution in [1.29, 1.82) is 0 Å². The SMILES string of the molecule is O=C(COc1ccccc1Cl)Nc1ccc(OC2CCCC2)cc1. The van der Waals surface area contributed by atoms with Crippen LogP contribution in [0.2, 0.25) is 5.02 Å². The molecule has 0 saturated heterocycles. The average Bonchev–Trinajstić information content (AvgIpc) is 3.09. The second-order valence-corrected chi connectivity index (χ2v) is 6.22. The second kappa shape index (κ2) is 8.06. The fourth-order valence-corrected chi connectivity index (χ4v) is 2.91. The molecule has 1 amide bonds. The number of halogens is 1. The van der Waals surface area contributed by atoms with Crippen LogP contribution in [0.15, 0.2) is 48.5 Å². The predicted octanol–water partition coefficient (Wildman–Crippen LogP) is 4.68. The molecule has 0 aliphatic heterocycles. The highest BCUT2D eigenvalue weighted by Crippen LogP contribution is 2.25. The summed E-state index contributed by atoms with van der Waals surface area (Å²) in [4.78, 5) is 12.0. The minimum Gasteiger partial charge on any atom is -0.490 e. The van der Waals surface area contributed by atoms with Gasteiger partial charge >= 0.3 is 0 Å². The molecular formula is C19H20ClNO3. The molecular weight excluding hydrogens is 326 g/mol. The van der Waals surface area contributed by atoms with Gasteiger partial charge < -0.3 is 14.8 Å². The fourth-order valence-electron chi connectivity index (χ4n) is 2.72. The summed E-state index contributed by atoms with van der Waals surface area (Å²) in [6.07, 6.45) is 5.05. The second-order valence-electron chi connectivity index (χ2n) is 5.82. The van der Waals surface area contributed by atoms with E-state index in [0.717, 1.165) is 18.6 Å². The smallest absolute Gasteiger partial charge is 0.262 e. The molecule has 1 fully saturated rings. The van der Waals surface area contributed by atoms with Crippen LogP contribution >= 0.6 is 11.6 Å². The van der Waals surface area contributed by atoms with E-state index in [9.17, 15) is 4.79 Å². The Morgan fingerprint density at radius 3 is 2.50 bits per heavy atom. The first-order valence-corrected chi connectivity index (χ1v) is 8.52. The summed E-state index contributed by atoms with van der Waals surface area (Å²) in [5.74, 6) is 1.10. The molecule has 0 bridgehead atoms. The third-order valence-corrected chi connectivity index (χ3v) is 4.25. The van der Waals surface area contributed by atoms with E-state index in [0.29, 0.717) is 22.6 Å². The highest BCUT2D eigenvalue weighted by atomic mass is 35.5. The highest BCUT2D eigenvalue weighted by molar-refractivity contribution is 6.32. The third kappa shape index (κ3) is 4.65. The van der Waals surface area contributed by atoms with Crippen LogP contribution in [-0.4, -0.2) is 18.6 Å². The first-order chi connectivity index (χ1) is 11.7. The topological polar surface area (TPSA) is 47.6 Å². The van der Waals surface area contributed by atoms with Crippen LogP contribution in [0.3, 0.4) is 0 Å². The van der Waals surface area contributed by atoms with E-state index in [-0.39, 0.29) is 12.5 Å². The Hall–Kier alpha value is -2.20. The van der Waals surface area contributed by atoms with Crippen LogP contribution in [-0.2, 0) is 4.79 Å². The van der Waals surface area contributed by atoms with E-state index < -0.39 is 0 Å². The lowest BCUT2D eigenvalue weighted by Gasteiger charge is -2.13. The number of hydrogen-bond acceptors (Lipinski definition) is 3.